The van der Waals surface area contributed by atoms with E-state index in [0.29, 0.717) is 26.4 Å². The molecule has 0 heterocycles. The van der Waals surface area contributed by atoms with Crippen LogP contribution in [0.25, 0.3) is 0 Å². The van der Waals surface area contributed by atoms with E-state index in [0.717, 1.165) is 25.7 Å². The van der Waals surface area contributed by atoms with E-state index < -0.39 is 0 Å². The van der Waals surface area contributed by atoms with E-state index >= 15 is 0 Å². The lowest BCUT2D eigenvalue weighted by Gasteiger charge is -2.20. The Kier molecular flexibility index (Phi) is 7.76. The molecule has 96 valence electrons. The normalized spacial score (nSPS) is 26.6. The highest BCUT2D eigenvalue weighted by Crippen LogP contribution is 2.20. The maximum atomic E-state index is 9.80. The highest BCUT2D eigenvalue weighted by atomic mass is 16.5. The Morgan fingerprint density at radius 1 is 1.00 bits per heavy atom. The predicted octanol–water partition coefficient (Wildman–Crippen LogP) is 1.36. The van der Waals surface area contributed by atoms with Crippen molar-refractivity contribution in [1.82, 2.24) is 0 Å². The maximum absolute atomic E-state index is 9.80. The zero-order valence-corrected chi connectivity index (χ0v) is 10.2. The van der Waals surface area contributed by atoms with E-state index in [1.807, 2.05) is 0 Å². The van der Waals surface area contributed by atoms with Crippen LogP contribution in [0.3, 0.4) is 0 Å². The third-order valence-corrected chi connectivity index (χ3v) is 2.91. The second-order valence-electron chi connectivity index (χ2n) is 4.22. The molecular formula is C12H24O4. The molecule has 1 fully saturated rings. The third kappa shape index (κ3) is 5.80. The molecule has 0 aromatic rings. The van der Waals surface area contributed by atoms with Crippen molar-refractivity contribution in [2.24, 2.45) is 0 Å². The van der Waals surface area contributed by atoms with Crippen LogP contribution in [0, 0.1) is 0 Å². The molecule has 1 N–H and O–H groups in total. The van der Waals surface area contributed by atoms with Gasteiger partial charge in [-0.1, -0.05) is 19.3 Å². The van der Waals surface area contributed by atoms with Gasteiger partial charge in [-0.2, -0.15) is 0 Å². The van der Waals surface area contributed by atoms with Crippen LogP contribution in [0.4, 0.5) is 0 Å². The molecule has 0 aromatic carbocycles. The number of aliphatic hydroxyl groups excluding tert-OH is 1. The van der Waals surface area contributed by atoms with Crippen molar-refractivity contribution in [3.05, 3.63) is 0 Å². The SMILES string of the molecule is COCCOCCOC1CCCCCC1O. The van der Waals surface area contributed by atoms with Crippen molar-refractivity contribution >= 4 is 0 Å². The van der Waals surface area contributed by atoms with Crippen molar-refractivity contribution in [2.45, 2.75) is 44.3 Å². The highest BCUT2D eigenvalue weighted by Gasteiger charge is 2.21. The van der Waals surface area contributed by atoms with Gasteiger partial charge in [-0.15, -0.1) is 0 Å². The van der Waals surface area contributed by atoms with E-state index in [2.05, 4.69) is 0 Å². The molecular weight excluding hydrogens is 208 g/mol. The van der Waals surface area contributed by atoms with Gasteiger partial charge in [0, 0.05) is 7.11 Å². The van der Waals surface area contributed by atoms with Crippen molar-refractivity contribution in [3.8, 4) is 0 Å². The Bertz CT molecular complexity index is 163. The second-order valence-corrected chi connectivity index (χ2v) is 4.22. The Morgan fingerprint density at radius 3 is 2.56 bits per heavy atom. The van der Waals surface area contributed by atoms with Crippen LogP contribution >= 0.6 is 0 Å². The average molecular weight is 232 g/mol. The summed E-state index contributed by atoms with van der Waals surface area (Å²) in [5, 5.41) is 9.80. The Labute approximate surface area is 97.9 Å². The Balaban J connectivity index is 2.01. The van der Waals surface area contributed by atoms with Gasteiger partial charge in [0.25, 0.3) is 0 Å². The standard InChI is InChI=1S/C12H24O4/c1-14-7-8-15-9-10-16-12-6-4-2-3-5-11(12)13/h11-13H,2-10H2,1H3. The van der Waals surface area contributed by atoms with Crippen molar-refractivity contribution in [3.63, 3.8) is 0 Å². The van der Waals surface area contributed by atoms with Crippen LogP contribution in [-0.2, 0) is 14.2 Å². The zero-order chi connectivity index (χ0) is 11.6. The summed E-state index contributed by atoms with van der Waals surface area (Å²) in [7, 11) is 1.65. The topological polar surface area (TPSA) is 47.9 Å². The molecule has 2 unspecified atom stereocenters. The lowest BCUT2D eigenvalue weighted by atomic mass is 10.1. The van der Waals surface area contributed by atoms with Gasteiger partial charge in [0.05, 0.1) is 38.6 Å². The monoisotopic (exact) mass is 232 g/mol. The Hall–Kier alpha value is -0.160. The first kappa shape index (κ1) is 13.9. The van der Waals surface area contributed by atoms with Crippen molar-refractivity contribution in [1.29, 1.82) is 0 Å². The molecule has 0 aromatic heterocycles. The van der Waals surface area contributed by atoms with Gasteiger partial charge < -0.3 is 19.3 Å². The molecule has 1 saturated carbocycles. The lowest BCUT2D eigenvalue weighted by Crippen LogP contribution is -2.29. The smallest absolute Gasteiger partial charge is 0.0835 e. The zero-order valence-electron chi connectivity index (χ0n) is 10.2. The molecule has 16 heavy (non-hydrogen) atoms. The van der Waals surface area contributed by atoms with Gasteiger partial charge in [-0.05, 0) is 12.8 Å². The first-order valence-corrected chi connectivity index (χ1v) is 6.21. The Morgan fingerprint density at radius 2 is 1.75 bits per heavy atom. The maximum Gasteiger partial charge on any atom is 0.0835 e. The summed E-state index contributed by atoms with van der Waals surface area (Å²) in [6.45, 7) is 2.36. The minimum absolute atomic E-state index is 0.00789. The molecule has 4 heteroatoms. The molecule has 0 amide bonds. The number of ether oxygens (including phenoxy) is 3. The lowest BCUT2D eigenvalue weighted by molar-refractivity contribution is -0.0611. The van der Waals surface area contributed by atoms with Crippen molar-refractivity contribution in [2.75, 3.05) is 33.5 Å². The molecule has 0 spiro atoms. The minimum Gasteiger partial charge on any atom is -0.390 e. The largest absolute Gasteiger partial charge is 0.390 e. The van der Waals surface area contributed by atoms with Crippen LogP contribution < -0.4 is 0 Å². The number of hydrogen-bond donors (Lipinski definition) is 1. The number of methoxy groups -OCH3 is 1. The molecule has 4 nitrogen and oxygen atoms in total. The molecule has 1 aliphatic rings. The highest BCUT2D eigenvalue weighted by molar-refractivity contribution is 4.73. The predicted molar refractivity (Wildman–Crippen MR) is 61.5 cm³/mol. The van der Waals surface area contributed by atoms with Crippen LogP contribution in [-0.4, -0.2) is 50.9 Å². The average Bonchev–Trinajstić information content (AvgIpc) is 2.49. The van der Waals surface area contributed by atoms with Gasteiger partial charge >= 0.3 is 0 Å². The third-order valence-electron chi connectivity index (χ3n) is 2.91. The van der Waals surface area contributed by atoms with Crippen LogP contribution in [0.1, 0.15) is 32.1 Å². The summed E-state index contributed by atoms with van der Waals surface area (Å²) in [5.74, 6) is 0. The molecule has 1 aliphatic carbocycles. The second kappa shape index (κ2) is 8.93. The molecule has 0 bridgehead atoms. The number of rotatable bonds is 7. The van der Waals surface area contributed by atoms with E-state index in [-0.39, 0.29) is 12.2 Å². The van der Waals surface area contributed by atoms with E-state index in [9.17, 15) is 5.11 Å². The van der Waals surface area contributed by atoms with E-state index in [4.69, 9.17) is 14.2 Å². The van der Waals surface area contributed by atoms with Gasteiger partial charge in [0.15, 0.2) is 0 Å². The first-order chi connectivity index (χ1) is 7.84. The fraction of sp³-hybridized carbons (Fsp3) is 1.00. The van der Waals surface area contributed by atoms with Gasteiger partial charge in [-0.3, -0.25) is 0 Å². The molecule has 0 aliphatic heterocycles. The molecule has 0 radical (unpaired) electrons. The summed E-state index contributed by atoms with van der Waals surface area (Å²) in [4.78, 5) is 0. The summed E-state index contributed by atoms with van der Waals surface area (Å²) in [6, 6.07) is 0. The first-order valence-electron chi connectivity index (χ1n) is 6.21. The minimum atomic E-state index is -0.290. The number of hydrogen-bond acceptors (Lipinski definition) is 4. The fourth-order valence-corrected chi connectivity index (χ4v) is 1.95. The van der Waals surface area contributed by atoms with Gasteiger partial charge in [-0.25, -0.2) is 0 Å². The summed E-state index contributed by atoms with van der Waals surface area (Å²) >= 11 is 0. The van der Waals surface area contributed by atoms with Crippen LogP contribution in [0.2, 0.25) is 0 Å². The summed E-state index contributed by atoms with van der Waals surface area (Å²) in [5.41, 5.74) is 0. The number of aliphatic hydroxyl groups is 1. The van der Waals surface area contributed by atoms with Crippen LogP contribution in [0.15, 0.2) is 0 Å². The van der Waals surface area contributed by atoms with Gasteiger partial charge in [0.1, 0.15) is 0 Å². The molecule has 1 rings (SSSR count). The van der Waals surface area contributed by atoms with Gasteiger partial charge in [0.2, 0.25) is 0 Å². The fourth-order valence-electron chi connectivity index (χ4n) is 1.95. The van der Waals surface area contributed by atoms with E-state index in [1.54, 1.807) is 7.11 Å². The quantitative estimate of drug-likeness (QED) is 0.532. The van der Waals surface area contributed by atoms with E-state index in [1.165, 1.54) is 6.42 Å². The molecule has 0 saturated heterocycles. The molecule has 2 atom stereocenters. The summed E-state index contributed by atoms with van der Waals surface area (Å²) < 4.78 is 15.8. The summed E-state index contributed by atoms with van der Waals surface area (Å²) in [6.07, 6.45) is 5.04. The van der Waals surface area contributed by atoms with Crippen molar-refractivity contribution < 1.29 is 19.3 Å². The van der Waals surface area contributed by atoms with Crippen LogP contribution in [0.5, 0.6) is 0 Å².